The van der Waals surface area contributed by atoms with Crippen molar-refractivity contribution in [2.24, 2.45) is 0 Å². The van der Waals surface area contributed by atoms with Crippen LogP contribution in [0.25, 0.3) is 0 Å². The molecule has 0 radical (unpaired) electrons. The minimum Gasteiger partial charge on any atom is -0.353 e. The molecular formula is C18H21ClN2O3S. The molecule has 0 aromatic heterocycles. The lowest BCUT2D eigenvalue weighted by Gasteiger charge is -2.20. The second kappa shape index (κ2) is 8.47. The van der Waals surface area contributed by atoms with Gasteiger partial charge in [-0.15, -0.1) is 0 Å². The summed E-state index contributed by atoms with van der Waals surface area (Å²) in [6.45, 7) is 3.65. The second-order valence-electron chi connectivity index (χ2n) is 5.98. The average Bonchev–Trinajstić information content (AvgIpc) is 2.55. The Bertz CT molecular complexity index is 806. The van der Waals surface area contributed by atoms with E-state index in [9.17, 15) is 13.2 Å². The predicted molar refractivity (Wildman–Crippen MR) is 99.0 cm³/mol. The number of carbonyl (C=O) groups excluding carboxylic acids is 1. The molecule has 0 bridgehead atoms. The first-order chi connectivity index (χ1) is 11.8. The summed E-state index contributed by atoms with van der Waals surface area (Å²) in [7, 11) is -3.85. The molecule has 134 valence electrons. The fourth-order valence-electron chi connectivity index (χ4n) is 2.29. The fourth-order valence-corrected chi connectivity index (χ4v) is 3.61. The number of amides is 1. The normalized spacial score (nSPS) is 12.8. The zero-order valence-electron chi connectivity index (χ0n) is 14.1. The quantitative estimate of drug-likeness (QED) is 0.775. The van der Waals surface area contributed by atoms with Gasteiger partial charge in [0.15, 0.2) is 0 Å². The van der Waals surface area contributed by atoms with Crippen LogP contribution in [0, 0.1) is 0 Å². The van der Waals surface area contributed by atoms with E-state index in [1.807, 2.05) is 44.2 Å². The van der Waals surface area contributed by atoms with Gasteiger partial charge in [-0.1, -0.05) is 41.9 Å². The molecule has 1 amide bonds. The van der Waals surface area contributed by atoms with Crippen molar-refractivity contribution in [2.75, 3.05) is 0 Å². The minimum atomic E-state index is -3.85. The van der Waals surface area contributed by atoms with Crippen LogP contribution in [0.1, 0.15) is 19.4 Å². The van der Waals surface area contributed by atoms with Crippen molar-refractivity contribution in [3.63, 3.8) is 0 Å². The Morgan fingerprint density at radius 2 is 1.64 bits per heavy atom. The van der Waals surface area contributed by atoms with Gasteiger partial charge in [0.25, 0.3) is 0 Å². The lowest BCUT2D eigenvalue weighted by atomic mass is 10.1. The molecule has 2 rings (SSSR count). The molecule has 0 aliphatic rings. The number of hydrogen-bond acceptors (Lipinski definition) is 3. The fraction of sp³-hybridized carbons (Fsp3) is 0.278. The lowest BCUT2D eigenvalue weighted by Crippen LogP contribution is -2.49. The van der Waals surface area contributed by atoms with Crippen molar-refractivity contribution in [1.29, 1.82) is 0 Å². The van der Waals surface area contributed by atoms with Gasteiger partial charge < -0.3 is 5.32 Å². The van der Waals surface area contributed by atoms with Gasteiger partial charge in [0, 0.05) is 11.1 Å². The third-order valence-corrected chi connectivity index (χ3v) is 5.19. The summed E-state index contributed by atoms with van der Waals surface area (Å²) in [6.07, 6.45) is 0.256. The number of rotatable bonds is 7. The van der Waals surface area contributed by atoms with Crippen molar-refractivity contribution < 1.29 is 13.2 Å². The molecule has 0 saturated carbocycles. The zero-order chi connectivity index (χ0) is 18.4. The highest BCUT2D eigenvalue weighted by atomic mass is 35.5. The van der Waals surface area contributed by atoms with E-state index in [1.54, 1.807) is 0 Å². The van der Waals surface area contributed by atoms with Gasteiger partial charge in [-0.2, -0.15) is 4.72 Å². The van der Waals surface area contributed by atoms with Crippen molar-refractivity contribution in [3.8, 4) is 0 Å². The molecule has 7 heteroatoms. The Kier molecular flexibility index (Phi) is 6.58. The molecule has 0 heterocycles. The van der Waals surface area contributed by atoms with E-state index in [-0.39, 0.29) is 23.3 Å². The van der Waals surface area contributed by atoms with Crippen LogP contribution < -0.4 is 10.0 Å². The number of halogens is 1. The SMILES string of the molecule is CC(C)NC(=O)C(Cc1ccccc1)NS(=O)(=O)c1ccc(Cl)cc1. The van der Waals surface area contributed by atoms with E-state index in [1.165, 1.54) is 24.3 Å². The molecule has 0 fully saturated rings. The van der Waals surface area contributed by atoms with E-state index >= 15 is 0 Å². The van der Waals surface area contributed by atoms with Crippen LogP contribution >= 0.6 is 11.6 Å². The largest absolute Gasteiger partial charge is 0.353 e. The van der Waals surface area contributed by atoms with Crippen molar-refractivity contribution in [2.45, 2.75) is 37.2 Å². The molecule has 1 atom stereocenters. The van der Waals surface area contributed by atoms with Gasteiger partial charge in [-0.05, 0) is 50.1 Å². The van der Waals surface area contributed by atoms with Gasteiger partial charge in [0.2, 0.25) is 15.9 Å². The molecule has 2 aromatic carbocycles. The molecular weight excluding hydrogens is 360 g/mol. The van der Waals surface area contributed by atoms with Crippen LogP contribution in [0.4, 0.5) is 0 Å². The zero-order valence-corrected chi connectivity index (χ0v) is 15.6. The van der Waals surface area contributed by atoms with Crippen molar-refractivity contribution in [3.05, 3.63) is 65.2 Å². The summed E-state index contributed by atoms with van der Waals surface area (Å²) >= 11 is 5.80. The maximum atomic E-state index is 12.6. The van der Waals surface area contributed by atoms with Gasteiger partial charge in [-0.3, -0.25) is 4.79 Å². The predicted octanol–water partition coefficient (Wildman–Crippen LogP) is 2.75. The number of sulfonamides is 1. The van der Waals surface area contributed by atoms with Gasteiger partial charge in [0.05, 0.1) is 4.90 Å². The highest BCUT2D eigenvalue weighted by molar-refractivity contribution is 7.89. The molecule has 2 aromatic rings. The minimum absolute atomic E-state index is 0.0623. The number of benzene rings is 2. The number of hydrogen-bond donors (Lipinski definition) is 2. The molecule has 0 spiro atoms. The summed E-state index contributed by atoms with van der Waals surface area (Å²) in [5, 5.41) is 3.20. The van der Waals surface area contributed by atoms with Crippen LogP contribution in [0.2, 0.25) is 5.02 Å². The summed E-state index contributed by atoms with van der Waals surface area (Å²) in [5.41, 5.74) is 0.866. The van der Waals surface area contributed by atoms with E-state index in [0.29, 0.717) is 5.02 Å². The molecule has 5 nitrogen and oxygen atoms in total. The standard InChI is InChI=1S/C18H21ClN2O3S/c1-13(2)20-18(22)17(12-14-6-4-3-5-7-14)21-25(23,24)16-10-8-15(19)9-11-16/h3-11,13,17,21H,12H2,1-2H3,(H,20,22). The second-order valence-corrected chi connectivity index (χ2v) is 8.13. The Labute approximate surface area is 153 Å². The average molecular weight is 381 g/mol. The van der Waals surface area contributed by atoms with E-state index in [0.717, 1.165) is 5.56 Å². The molecule has 0 saturated heterocycles. The third-order valence-electron chi connectivity index (χ3n) is 3.45. The summed E-state index contributed by atoms with van der Waals surface area (Å²) in [5.74, 6) is -0.364. The maximum Gasteiger partial charge on any atom is 0.241 e. The molecule has 2 N–H and O–H groups in total. The van der Waals surface area contributed by atoms with Crippen LogP contribution in [0.3, 0.4) is 0 Å². The van der Waals surface area contributed by atoms with E-state index in [4.69, 9.17) is 11.6 Å². The molecule has 0 aliphatic heterocycles. The molecule has 1 unspecified atom stereocenters. The van der Waals surface area contributed by atoms with Crippen LogP contribution in [0.15, 0.2) is 59.5 Å². The van der Waals surface area contributed by atoms with Crippen LogP contribution in [-0.4, -0.2) is 26.4 Å². The number of nitrogens with one attached hydrogen (secondary N) is 2. The topological polar surface area (TPSA) is 75.3 Å². The highest BCUT2D eigenvalue weighted by Crippen LogP contribution is 2.15. The third kappa shape index (κ3) is 5.85. The Morgan fingerprint density at radius 3 is 2.20 bits per heavy atom. The maximum absolute atomic E-state index is 12.6. The summed E-state index contributed by atoms with van der Waals surface area (Å²) in [4.78, 5) is 12.5. The van der Waals surface area contributed by atoms with Crippen molar-refractivity contribution in [1.82, 2.24) is 10.0 Å². The Morgan fingerprint density at radius 1 is 1.04 bits per heavy atom. The van der Waals surface area contributed by atoms with Gasteiger partial charge in [-0.25, -0.2) is 8.42 Å². The van der Waals surface area contributed by atoms with E-state index in [2.05, 4.69) is 10.0 Å². The Hall–Kier alpha value is -1.89. The monoisotopic (exact) mass is 380 g/mol. The first kappa shape index (κ1) is 19.4. The highest BCUT2D eigenvalue weighted by Gasteiger charge is 2.26. The molecule has 0 aliphatic carbocycles. The van der Waals surface area contributed by atoms with Gasteiger partial charge >= 0.3 is 0 Å². The summed E-state index contributed by atoms with van der Waals surface area (Å²) in [6, 6.07) is 14.1. The van der Waals surface area contributed by atoms with Crippen LogP contribution in [-0.2, 0) is 21.2 Å². The molecule has 25 heavy (non-hydrogen) atoms. The number of carbonyl (C=O) groups is 1. The summed E-state index contributed by atoms with van der Waals surface area (Å²) < 4.78 is 27.7. The Balaban J connectivity index is 2.25. The first-order valence-electron chi connectivity index (χ1n) is 7.90. The smallest absolute Gasteiger partial charge is 0.241 e. The van der Waals surface area contributed by atoms with Crippen LogP contribution in [0.5, 0.6) is 0 Å². The van der Waals surface area contributed by atoms with E-state index < -0.39 is 16.1 Å². The first-order valence-corrected chi connectivity index (χ1v) is 9.76. The van der Waals surface area contributed by atoms with Crippen molar-refractivity contribution >= 4 is 27.5 Å². The van der Waals surface area contributed by atoms with Gasteiger partial charge in [0.1, 0.15) is 6.04 Å². The lowest BCUT2D eigenvalue weighted by molar-refractivity contribution is -0.123.